The smallest absolute Gasteiger partial charge is 0.261 e. The summed E-state index contributed by atoms with van der Waals surface area (Å²) in [6, 6.07) is 17.6. The van der Waals surface area contributed by atoms with E-state index in [4.69, 9.17) is 4.74 Å². The first-order valence-electron chi connectivity index (χ1n) is 8.30. The minimum atomic E-state index is -3.63. The molecule has 0 fully saturated rings. The van der Waals surface area contributed by atoms with Crippen molar-refractivity contribution in [2.24, 2.45) is 0 Å². The van der Waals surface area contributed by atoms with Crippen LogP contribution in [0.4, 0.5) is 5.69 Å². The molecular weight excluding hydrogens is 348 g/mol. The third-order valence-electron chi connectivity index (χ3n) is 3.81. The standard InChI is InChI=1S/C20H20N2O3S/c1-2-25-19-7-9-20(10-8-19)26(23,24)22-18-5-3-16(4-6-18)15-17-11-13-21-14-12-17/h3-14,22H,2,15H2,1H3. The third kappa shape index (κ3) is 4.61. The molecule has 0 amide bonds. The summed E-state index contributed by atoms with van der Waals surface area (Å²) >= 11 is 0. The molecule has 0 bridgehead atoms. The lowest BCUT2D eigenvalue weighted by Crippen LogP contribution is -2.12. The Morgan fingerprint density at radius 3 is 2.12 bits per heavy atom. The molecule has 2 aromatic carbocycles. The van der Waals surface area contributed by atoms with Gasteiger partial charge in [0.25, 0.3) is 10.0 Å². The van der Waals surface area contributed by atoms with Gasteiger partial charge in [-0.15, -0.1) is 0 Å². The molecule has 0 unspecified atom stereocenters. The fraction of sp³-hybridized carbons (Fsp3) is 0.150. The topological polar surface area (TPSA) is 68.3 Å². The number of nitrogens with zero attached hydrogens (tertiary/aromatic N) is 1. The summed E-state index contributed by atoms with van der Waals surface area (Å²) in [6.07, 6.45) is 4.29. The monoisotopic (exact) mass is 368 g/mol. The number of pyridine rings is 1. The SMILES string of the molecule is CCOc1ccc(S(=O)(=O)Nc2ccc(Cc3ccncc3)cc2)cc1. The number of hydrogen-bond donors (Lipinski definition) is 1. The van der Waals surface area contributed by atoms with Crippen LogP contribution in [0.25, 0.3) is 0 Å². The van der Waals surface area contributed by atoms with Crippen LogP contribution in [-0.4, -0.2) is 20.0 Å². The van der Waals surface area contributed by atoms with Gasteiger partial charge in [-0.05, 0) is 73.0 Å². The molecule has 0 saturated heterocycles. The first kappa shape index (κ1) is 17.9. The third-order valence-corrected chi connectivity index (χ3v) is 5.21. The zero-order valence-corrected chi connectivity index (χ0v) is 15.2. The molecule has 26 heavy (non-hydrogen) atoms. The number of rotatable bonds is 7. The average Bonchev–Trinajstić information content (AvgIpc) is 2.65. The molecule has 1 aromatic heterocycles. The van der Waals surface area contributed by atoms with Crippen LogP contribution in [0.1, 0.15) is 18.1 Å². The van der Waals surface area contributed by atoms with E-state index in [1.165, 1.54) is 12.1 Å². The van der Waals surface area contributed by atoms with Crippen molar-refractivity contribution >= 4 is 15.7 Å². The average molecular weight is 368 g/mol. The Labute approximate surface area is 153 Å². The highest BCUT2D eigenvalue weighted by Crippen LogP contribution is 2.20. The van der Waals surface area contributed by atoms with E-state index in [9.17, 15) is 8.42 Å². The van der Waals surface area contributed by atoms with Crippen LogP contribution < -0.4 is 9.46 Å². The van der Waals surface area contributed by atoms with Crippen LogP contribution in [0.3, 0.4) is 0 Å². The van der Waals surface area contributed by atoms with Crippen LogP contribution in [0.2, 0.25) is 0 Å². The summed E-state index contributed by atoms with van der Waals surface area (Å²) < 4.78 is 32.9. The van der Waals surface area contributed by atoms with E-state index in [1.807, 2.05) is 31.2 Å². The molecule has 0 aliphatic carbocycles. The van der Waals surface area contributed by atoms with E-state index in [2.05, 4.69) is 9.71 Å². The highest BCUT2D eigenvalue weighted by Gasteiger charge is 2.14. The Kier molecular flexibility index (Phi) is 5.53. The molecule has 5 nitrogen and oxygen atoms in total. The van der Waals surface area contributed by atoms with Gasteiger partial charge in [-0.3, -0.25) is 9.71 Å². The van der Waals surface area contributed by atoms with Crippen LogP contribution in [-0.2, 0) is 16.4 Å². The molecule has 3 aromatic rings. The van der Waals surface area contributed by atoms with E-state index in [0.29, 0.717) is 18.0 Å². The maximum absolute atomic E-state index is 12.5. The van der Waals surface area contributed by atoms with Crippen molar-refractivity contribution in [2.45, 2.75) is 18.2 Å². The van der Waals surface area contributed by atoms with Crippen LogP contribution in [0.5, 0.6) is 5.75 Å². The largest absolute Gasteiger partial charge is 0.494 e. The van der Waals surface area contributed by atoms with Gasteiger partial charge in [0.2, 0.25) is 0 Å². The van der Waals surface area contributed by atoms with Gasteiger partial charge in [-0.1, -0.05) is 12.1 Å². The van der Waals surface area contributed by atoms with Crippen molar-refractivity contribution in [1.82, 2.24) is 4.98 Å². The number of nitrogens with one attached hydrogen (secondary N) is 1. The molecular formula is C20H20N2O3S. The van der Waals surface area contributed by atoms with Crippen molar-refractivity contribution in [2.75, 3.05) is 11.3 Å². The van der Waals surface area contributed by atoms with Gasteiger partial charge in [0.05, 0.1) is 11.5 Å². The van der Waals surface area contributed by atoms with Gasteiger partial charge >= 0.3 is 0 Å². The molecule has 1 heterocycles. The Morgan fingerprint density at radius 1 is 0.885 bits per heavy atom. The van der Waals surface area contributed by atoms with E-state index in [0.717, 1.165) is 17.5 Å². The van der Waals surface area contributed by atoms with Crippen molar-refractivity contribution in [3.63, 3.8) is 0 Å². The predicted octanol–water partition coefficient (Wildman–Crippen LogP) is 3.87. The van der Waals surface area contributed by atoms with E-state index >= 15 is 0 Å². The second-order valence-electron chi connectivity index (χ2n) is 5.74. The van der Waals surface area contributed by atoms with Crippen molar-refractivity contribution < 1.29 is 13.2 Å². The summed E-state index contributed by atoms with van der Waals surface area (Å²) in [7, 11) is -3.63. The van der Waals surface area contributed by atoms with Crippen molar-refractivity contribution in [3.05, 3.63) is 84.2 Å². The van der Waals surface area contributed by atoms with Gasteiger partial charge in [0, 0.05) is 18.1 Å². The van der Waals surface area contributed by atoms with Crippen LogP contribution in [0, 0.1) is 0 Å². The maximum Gasteiger partial charge on any atom is 0.261 e. The minimum absolute atomic E-state index is 0.196. The lowest BCUT2D eigenvalue weighted by molar-refractivity contribution is 0.340. The summed E-state index contributed by atoms with van der Waals surface area (Å²) in [6.45, 7) is 2.42. The fourth-order valence-corrected chi connectivity index (χ4v) is 3.58. The van der Waals surface area contributed by atoms with Gasteiger partial charge in [-0.25, -0.2) is 8.42 Å². The van der Waals surface area contributed by atoms with E-state index in [-0.39, 0.29) is 4.90 Å². The predicted molar refractivity (Wildman–Crippen MR) is 102 cm³/mol. The van der Waals surface area contributed by atoms with Gasteiger partial charge in [-0.2, -0.15) is 0 Å². The number of aromatic nitrogens is 1. The molecule has 3 rings (SSSR count). The number of anilines is 1. The zero-order valence-electron chi connectivity index (χ0n) is 14.4. The lowest BCUT2D eigenvalue weighted by Gasteiger charge is -2.10. The minimum Gasteiger partial charge on any atom is -0.494 e. The molecule has 0 radical (unpaired) electrons. The highest BCUT2D eigenvalue weighted by molar-refractivity contribution is 7.92. The zero-order chi connectivity index (χ0) is 18.4. The number of benzene rings is 2. The number of hydrogen-bond acceptors (Lipinski definition) is 4. The van der Waals surface area contributed by atoms with Crippen LogP contribution in [0.15, 0.2) is 78.0 Å². The lowest BCUT2D eigenvalue weighted by atomic mass is 10.1. The second-order valence-corrected chi connectivity index (χ2v) is 7.42. The molecule has 6 heteroatoms. The highest BCUT2D eigenvalue weighted by atomic mass is 32.2. The molecule has 0 aliphatic heterocycles. The molecule has 0 saturated carbocycles. The maximum atomic E-state index is 12.5. The Balaban J connectivity index is 1.69. The fourth-order valence-electron chi connectivity index (χ4n) is 2.52. The summed E-state index contributed by atoms with van der Waals surface area (Å²) in [5.41, 5.74) is 2.78. The quantitative estimate of drug-likeness (QED) is 0.687. The van der Waals surface area contributed by atoms with Gasteiger partial charge in [0.15, 0.2) is 0 Å². The Hall–Kier alpha value is -2.86. The number of ether oxygens (including phenoxy) is 1. The molecule has 0 spiro atoms. The molecule has 1 N–H and O–H groups in total. The molecule has 0 atom stereocenters. The summed E-state index contributed by atoms with van der Waals surface area (Å²) in [5.74, 6) is 0.645. The Morgan fingerprint density at radius 2 is 1.50 bits per heavy atom. The van der Waals surface area contributed by atoms with Gasteiger partial charge < -0.3 is 4.74 Å². The number of sulfonamides is 1. The summed E-state index contributed by atoms with van der Waals surface area (Å²) in [5, 5.41) is 0. The van der Waals surface area contributed by atoms with Crippen molar-refractivity contribution in [3.8, 4) is 5.75 Å². The normalized spacial score (nSPS) is 11.1. The summed E-state index contributed by atoms with van der Waals surface area (Å²) in [4.78, 5) is 4.20. The van der Waals surface area contributed by atoms with Crippen molar-refractivity contribution in [1.29, 1.82) is 0 Å². The molecule has 134 valence electrons. The first-order chi connectivity index (χ1) is 12.6. The van der Waals surface area contributed by atoms with E-state index in [1.54, 1.807) is 36.7 Å². The van der Waals surface area contributed by atoms with Crippen LogP contribution >= 0.6 is 0 Å². The first-order valence-corrected chi connectivity index (χ1v) is 9.78. The van der Waals surface area contributed by atoms with E-state index < -0.39 is 10.0 Å². The Bertz CT molecular complexity index is 939. The second kappa shape index (κ2) is 8.01. The van der Waals surface area contributed by atoms with Gasteiger partial charge in [0.1, 0.15) is 5.75 Å². The molecule has 0 aliphatic rings.